The van der Waals surface area contributed by atoms with Crippen LogP contribution < -0.4 is 5.32 Å². The zero-order valence-corrected chi connectivity index (χ0v) is 12.0. The van der Waals surface area contributed by atoms with E-state index < -0.39 is 22.3 Å². The highest BCUT2D eigenvalue weighted by Crippen LogP contribution is 2.30. The molecule has 0 saturated heterocycles. The normalized spacial score (nSPS) is 11.0. The van der Waals surface area contributed by atoms with Gasteiger partial charge in [-0.25, -0.2) is 0 Å². The first kappa shape index (κ1) is 15.1. The predicted molar refractivity (Wildman–Crippen MR) is 83.2 cm³/mol. The first-order valence-corrected chi connectivity index (χ1v) is 6.69. The molecule has 0 saturated carbocycles. The van der Waals surface area contributed by atoms with E-state index in [2.05, 4.69) is 20.8 Å². The van der Waals surface area contributed by atoms with E-state index in [1.54, 1.807) is 6.08 Å². The van der Waals surface area contributed by atoms with Gasteiger partial charge in [0, 0.05) is 6.08 Å². The summed E-state index contributed by atoms with van der Waals surface area (Å²) < 4.78 is 0.891. The summed E-state index contributed by atoms with van der Waals surface area (Å²) in [4.78, 5) is 22.2. The largest absolute Gasteiger partial charge is 0.504 e. The fraction of sp³-hybridized carbons (Fsp3) is 0. The molecule has 0 aliphatic heterocycles. The highest BCUT2D eigenvalue weighted by atomic mass is 16.6. The molecule has 120 valence electrons. The highest BCUT2D eigenvalue weighted by molar-refractivity contribution is 6.02. The van der Waals surface area contributed by atoms with E-state index in [9.17, 15) is 20.0 Å². The van der Waals surface area contributed by atoms with Crippen molar-refractivity contribution < 1.29 is 14.8 Å². The summed E-state index contributed by atoms with van der Waals surface area (Å²) in [6, 6.07) is 10.00. The molecule has 24 heavy (non-hydrogen) atoms. The molecule has 3 rings (SSSR count). The number of rotatable bonds is 4. The molecule has 10 nitrogen and oxygen atoms in total. The fourth-order valence-electron chi connectivity index (χ4n) is 2.01. The molecule has 0 atom stereocenters. The van der Waals surface area contributed by atoms with Crippen LogP contribution in [0.1, 0.15) is 5.56 Å². The number of carbonyl (C=O) groups is 1. The third-order valence-corrected chi connectivity index (χ3v) is 3.09. The minimum atomic E-state index is -0.730. The predicted octanol–water partition coefficient (Wildman–Crippen LogP) is 1.39. The molecule has 0 bridgehead atoms. The lowest BCUT2D eigenvalue weighted by Gasteiger charge is -2.06. The lowest BCUT2D eigenvalue weighted by atomic mass is 10.2. The Morgan fingerprint density at radius 2 is 2.08 bits per heavy atom. The van der Waals surface area contributed by atoms with E-state index in [1.807, 2.05) is 30.3 Å². The number of nitrogens with one attached hydrogen (secondary N) is 1. The number of aromatic nitrogens is 4. The Balaban J connectivity index is 1.90. The first-order chi connectivity index (χ1) is 11.6. The zero-order valence-electron chi connectivity index (χ0n) is 12.0. The van der Waals surface area contributed by atoms with Gasteiger partial charge in [-0.15, -0.1) is 5.10 Å². The van der Waals surface area contributed by atoms with E-state index in [4.69, 9.17) is 0 Å². The van der Waals surface area contributed by atoms with Gasteiger partial charge in [-0.3, -0.25) is 14.9 Å². The number of nitrogens with zero attached hydrogens (tertiary/aromatic N) is 5. The molecule has 2 aromatic heterocycles. The standard InChI is InChI=1S/C14H10N6O4/c21-11-8-10(20(23)24)13-16-17-18-19(13)14(11)15-12(22)7-6-9-4-2-1-3-5-9/h1-8,21H,(H,15,22). The van der Waals surface area contributed by atoms with Crippen molar-refractivity contribution in [2.24, 2.45) is 0 Å². The number of hydrogen-bond acceptors (Lipinski definition) is 7. The number of amides is 1. The monoisotopic (exact) mass is 326 g/mol. The average molecular weight is 326 g/mol. The molecule has 0 aliphatic carbocycles. The SMILES string of the molecule is O=C(C=Cc1ccccc1)Nc1c(O)cc([N+](=O)[O-])c2nnnn12. The Hall–Kier alpha value is -3.82. The number of hydrogen-bond donors (Lipinski definition) is 2. The van der Waals surface area contributed by atoms with E-state index in [0.29, 0.717) is 0 Å². The van der Waals surface area contributed by atoms with Crippen LogP contribution in [0.5, 0.6) is 5.75 Å². The van der Waals surface area contributed by atoms with Crippen molar-refractivity contribution in [3.05, 3.63) is 58.2 Å². The third-order valence-electron chi connectivity index (χ3n) is 3.09. The van der Waals surface area contributed by atoms with Gasteiger partial charge in [0.2, 0.25) is 5.91 Å². The number of nitro groups is 1. The van der Waals surface area contributed by atoms with E-state index >= 15 is 0 Å². The number of fused-ring (bicyclic) bond motifs is 1. The maximum atomic E-state index is 12.0. The maximum Gasteiger partial charge on any atom is 0.319 e. The van der Waals surface area contributed by atoms with Crippen LogP contribution in [0.4, 0.5) is 11.5 Å². The molecular weight excluding hydrogens is 316 g/mol. The van der Waals surface area contributed by atoms with Crippen molar-refractivity contribution in [3.63, 3.8) is 0 Å². The first-order valence-electron chi connectivity index (χ1n) is 6.69. The zero-order chi connectivity index (χ0) is 17.1. The lowest BCUT2D eigenvalue weighted by Crippen LogP contribution is -2.12. The molecule has 3 aromatic rings. The Labute approximate surface area is 134 Å². The molecule has 0 radical (unpaired) electrons. The van der Waals surface area contributed by atoms with Crippen LogP contribution in [0.15, 0.2) is 42.5 Å². The number of anilines is 1. The van der Waals surface area contributed by atoms with Crippen molar-refractivity contribution >= 4 is 29.1 Å². The van der Waals surface area contributed by atoms with Gasteiger partial charge in [0.25, 0.3) is 5.65 Å². The highest BCUT2D eigenvalue weighted by Gasteiger charge is 2.22. The van der Waals surface area contributed by atoms with Gasteiger partial charge in [-0.2, -0.15) is 4.52 Å². The molecular formula is C14H10N6O4. The molecule has 10 heteroatoms. The molecule has 0 unspecified atom stereocenters. The smallest absolute Gasteiger partial charge is 0.319 e. The van der Waals surface area contributed by atoms with Gasteiger partial charge in [0.05, 0.1) is 11.0 Å². The topological polar surface area (TPSA) is 136 Å². The van der Waals surface area contributed by atoms with Crippen molar-refractivity contribution in [2.45, 2.75) is 0 Å². The number of aromatic hydroxyl groups is 1. The second kappa shape index (κ2) is 6.12. The van der Waals surface area contributed by atoms with Crippen LogP contribution in [0.3, 0.4) is 0 Å². The quantitative estimate of drug-likeness (QED) is 0.420. The summed E-state index contributed by atoms with van der Waals surface area (Å²) in [6.07, 6.45) is 2.83. The molecule has 1 amide bonds. The van der Waals surface area contributed by atoms with Gasteiger partial charge in [0.15, 0.2) is 11.6 Å². The number of carbonyl (C=O) groups excluding carboxylic acids is 1. The Morgan fingerprint density at radius 3 is 2.79 bits per heavy atom. The molecule has 1 aromatic carbocycles. The number of benzene rings is 1. The van der Waals surface area contributed by atoms with E-state index in [0.717, 1.165) is 16.1 Å². The summed E-state index contributed by atoms with van der Waals surface area (Å²) in [5, 5.41) is 33.7. The molecule has 0 fully saturated rings. The summed E-state index contributed by atoms with van der Waals surface area (Å²) in [7, 11) is 0. The Morgan fingerprint density at radius 1 is 1.33 bits per heavy atom. The molecule has 2 heterocycles. The summed E-state index contributed by atoms with van der Waals surface area (Å²) >= 11 is 0. The van der Waals surface area contributed by atoms with Crippen LogP contribution in [0.2, 0.25) is 0 Å². The van der Waals surface area contributed by atoms with Crippen LogP contribution in [-0.2, 0) is 4.79 Å². The minimum Gasteiger partial charge on any atom is -0.504 e. The van der Waals surface area contributed by atoms with Gasteiger partial charge in [0.1, 0.15) is 0 Å². The Bertz CT molecular complexity index is 951. The van der Waals surface area contributed by atoms with Gasteiger partial charge < -0.3 is 10.4 Å². The summed E-state index contributed by atoms with van der Waals surface area (Å²) in [6.45, 7) is 0. The maximum absolute atomic E-state index is 12.0. The number of tetrazole rings is 1. The second-order valence-corrected chi connectivity index (χ2v) is 4.67. The molecule has 2 N–H and O–H groups in total. The van der Waals surface area contributed by atoms with E-state index in [-0.39, 0.29) is 11.5 Å². The van der Waals surface area contributed by atoms with Crippen molar-refractivity contribution in [1.82, 2.24) is 20.0 Å². The van der Waals surface area contributed by atoms with Crippen molar-refractivity contribution in [2.75, 3.05) is 5.32 Å². The fourth-order valence-corrected chi connectivity index (χ4v) is 2.01. The molecule has 0 spiro atoms. The van der Waals surface area contributed by atoms with Crippen LogP contribution in [0.25, 0.3) is 11.7 Å². The summed E-state index contributed by atoms with van der Waals surface area (Å²) in [5.41, 5.74) is 0.142. The van der Waals surface area contributed by atoms with Crippen LogP contribution in [-0.4, -0.2) is 36.0 Å². The second-order valence-electron chi connectivity index (χ2n) is 4.67. The van der Waals surface area contributed by atoms with Crippen molar-refractivity contribution in [1.29, 1.82) is 0 Å². The minimum absolute atomic E-state index is 0.164. The van der Waals surface area contributed by atoms with Gasteiger partial charge in [-0.05, 0) is 22.1 Å². The van der Waals surface area contributed by atoms with Crippen molar-refractivity contribution in [3.8, 4) is 5.75 Å². The lowest BCUT2D eigenvalue weighted by molar-refractivity contribution is -0.383. The van der Waals surface area contributed by atoms with Crippen LogP contribution >= 0.6 is 0 Å². The molecule has 0 aliphatic rings. The number of pyridine rings is 1. The Kier molecular flexibility index (Phi) is 3.85. The van der Waals surface area contributed by atoms with Gasteiger partial charge >= 0.3 is 5.69 Å². The van der Waals surface area contributed by atoms with Gasteiger partial charge in [-0.1, -0.05) is 30.3 Å². The van der Waals surface area contributed by atoms with Crippen LogP contribution in [0, 0.1) is 10.1 Å². The third kappa shape index (κ3) is 2.88. The average Bonchev–Trinajstić information content (AvgIpc) is 3.05. The summed E-state index contributed by atoms with van der Waals surface area (Å²) in [5.74, 6) is -1.24. The van der Waals surface area contributed by atoms with E-state index in [1.165, 1.54) is 6.08 Å².